The molecule has 1 aliphatic rings. The molecule has 1 aliphatic carbocycles. The summed E-state index contributed by atoms with van der Waals surface area (Å²) in [5, 5.41) is 3.05. The third-order valence-corrected chi connectivity index (χ3v) is 4.02. The van der Waals surface area contributed by atoms with E-state index >= 15 is 0 Å². The second-order valence-electron chi connectivity index (χ2n) is 6.59. The van der Waals surface area contributed by atoms with Gasteiger partial charge in [0, 0.05) is 12.6 Å². The Kier molecular flexibility index (Phi) is 5.60. The molecule has 1 amide bonds. The topological polar surface area (TPSA) is 81.1 Å². The third kappa shape index (κ3) is 4.25. The summed E-state index contributed by atoms with van der Waals surface area (Å²) in [6.45, 7) is 6.45. The monoisotopic (exact) mass is 255 g/mol. The minimum absolute atomic E-state index is 0.0662. The van der Waals surface area contributed by atoms with Crippen LogP contribution >= 0.6 is 0 Å². The average Bonchev–Trinajstić information content (AvgIpc) is 2.34. The minimum atomic E-state index is -0.477. The summed E-state index contributed by atoms with van der Waals surface area (Å²) in [6.07, 6.45) is 6.16. The number of hydrogen-bond acceptors (Lipinski definition) is 3. The Morgan fingerprint density at radius 2 is 1.83 bits per heavy atom. The van der Waals surface area contributed by atoms with Gasteiger partial charge in [0.05, 0.1) is 6.04 Å². The van der Waals surface area contributed by atoms with Crippen LogP contribution in [0.5, 0.6) is 0 Å². The second-order valence-corrected chi connectivity index (χ2v) is 6.59. The summed E-state index contributed by atoms with van der Waals surface area (Å²) in [7, 11) is 0. The van der Waals surface area contributed by atoms with E-state index in [0.29, 0.717) is 12.5 Å². The van der Waals surface area contributed by atoms with Crippen molar-refractivity contribution < 1.29 is 4.79 Å². The number of carbonyl (C=O) groups is 1. The van der Waals surface area contributed by atoms with Gasteiger partial charge in [0.15, 0.2) is 0 Å². The lowest BCUT2D eigenvalue weighted by molar-refractivity contribution is -0.125. The zero-order valence-electron chi connectivity index (χ0n) is 12.0. The molecule has 0 aromatic heterocycles. The fourth-order valence-corrected chi connectivity index (χ4v) is 2.57. The lowest BCUT2D eigenvalue weighted by atomic mass is 9.83. The molecule has 0 heterocycles. The quantitative estimate of drug-likeness (QED) is 0.710. The standard InChI is InChI=1S/C14H29N3O/c1-14(2,3)12(16)13(18)17-11(9-15)10-7-5-4-6-8-10/h10-12H,4-9,15-16H2,1-3H3,(H,17,18)/t11?,12-/m1/s1. The molecule has 2 atom stereocenters. The lowest BCUT2D eigenvalue weighted by Gasteiger charge is -2.33. The number of nitrogens with two attached hydrogens (primary N) is 2. The van der Waals surface area contributed by atoms with Crippen LogP contribution in [0.4, 0.5) is 0 Å². The Morgan fingerprint density at radius 1 is 1.28 bits per heavy atom. The van der Waals surface area contributed by atoms with Crippen LogP contribution in [0.1, 0.15) is 52.9 Å². The molecule has 18 heavy (non-hydrogen) atoms. The van der Waals surface area contributed by atoms with Gasteiger partial charge in [0.1, 0.15) is 0 Å². The average molecular weight is 255 g/mol. The van der Waals surface area contributed by atoms with Gasteiger partial charge in [-0.3, -0.25) is 4.79 Å². The zero-order chi connectivity index (χ0) is 13.8. The molecule has 0 saturated heterocycles. The smallest absolute Gasteiger partial charge is 0.237 e. The van der Waals surface area contributed by atoms with E-state index in [1.165, 1.54) is 32.1 Å². The first-order chi connectivity index (χ1) is 8.36. The second kappa shape index (κ2) is 6.53. The number of hydrogen-bond donors (Lipinski definition) is 3. The molecule has 0 aromatic rings. The Labute approximate surface area is 111 Å². The molecule has 0 spiro atoms. The summed E-state index contributed by atoms with van der Waals surface area (Å²) in [5.74, 6) is 0.461. The lowest BCUT2D eigenvalue weighted by Crippen LogP contribution is -2.55. The highest BCUT2D eigenvalue weighted by Crippen LogP contribution is 2.26. The number of carbonyl (C=O) groups excluding carboxylic acids is 1. The first kappa shape index (κ1) is 15.4. The maximum Gasteiger partial charge on any atom is 0.237 e. The van der Waals surface area contributed by atoms with Gasteiger partial charge in [-0.2, -0.15) is 0 Å². The van der Waals surface area contributed by atoms with Crippen LogP contribution in [0.2, 0.25) is 0 Å². The number of rotatable bonds is 4. The van der Waals surface area contributed by atoms with Crippen molar-refractivity contribution in [3.8, 4) is 0 Å². The van der Waals surface area contributed by atoms with Gasteiger partial charge in [-0.05, 0) is 24.2 Å². The van der Waals surface area contributed by atoms with E-state index in [2.05, 4.69) is 5.32 Å². The van der Waals surface area contributed by atoms with E-state index in [0.717, 1.165) is 0 Å². The molecule has 0 aliphatic heterocycles. The van der Waals surface area contributed by atoms with Gasteiger partial charge in [0.2, 0.25) is 5.91 Å². The molecule has 5 N–H and O–H groups in total. The maximum atomic E-state index is 12.1. The molecule has 0 aromatic carbocycles. The largest absolute Gasteiger partial charge is 0.350 e. The van der Waals surface area contributed by atoms with Gasteiger partial charge < -0.3 is 16.8 Å². The van der Waals surface area contributed by atoms with Crippen LogP contribution in [0.25, 0.3) is 0 Å². The van der Waals surface area contributed by atoms with Crippen LogP contribution in [0.15, 0.2) is 0 Å². The van der Waals surface area contributed by atoms with Gasteiger partial charge in [0.25, 0.3) is 0 Å². The van der Waals surface area contributed by atoms with E-state index in [4.69, 9.17) is 11.5 Å². The summed E-state index contributed by atoms with van der Waals surface area (Å²) in [6, 6.07) is -0.388. The molecule has 106 valence electrons. The van der Waals surface area contributed by atoms with Crippen molar-refractivity contribution in [1.29, 1.82) is 0 Å². The van der Waals surface area contributed by atoms with Crippen LogP contribution in [-0.4, -0.2) is 24.5 Å². The Morgan fingerprint density at radius 3 is 2.28 bits per heavy atom. The van der Waals surface area contributed by atoms with E-state index in [9.17, 15) is 4.79 Å². The van der Waals surface area contributed by atoms with Gasteiger partial charge >= 0.3 is 0 Å². The van der Waals surface area contributed by atoms with Crippen LogP contribution in [0.3, 0.4) is 0 Å². The molecular weight excluding hydrogens is 226 g/mol. The summed E-state index contributed by atoms with van der Waals surface area (Å²) in [5.41, 5.74) is 11.6. The van der Waals surface area contributed by atoms with E-state index in [1.54, 1.807) is 0 Å². The third-order valence-electron chi connectivity index (χ3n) is 4.02. The molecule has 1 unspecified atom stereocenters. The van der Waals surface area contributed by atoms with E-state index in [1.807, 2.05) is 20.8 Å². The van der Waals surface area contributed by atoms with Crippen molar-refractivity contribution in [2.75, 3.05) is 6.54 Å². The van der Waals surface area contributed by atoms with Crippen molar-refractivity contribution in [2.45, 2.75) is 65.0 Å². The van der Waals surface area contributed by atoms with E-state index in [-0.39, 0.29) is 17.4 Å². The molecule has 0 radical (unpaired) electrons. The van der Waals surface area contributed by atoms with Crippen molar-refractivity contribution in [2.24, 2.45) is 22.8 Å². The Balaban J connectivity index is 2.54. The summed E-state index contributed by atoms with van der Waals surface area (Å²) >= 11 is 0. The predicted octanol–water partition coefficient (Wildman–Crippen LogP) is 1.38. The molecule has 4 heteroatoms. The predicted molar refractivity (Wildman–Crippen MR) is 75.0 cm³/mol. The Hall–Kier alpha value is -0.610. The van der Waals surface area contributed by atoms with Crippen molar-refractivity contribution >= 4 is 5.91 Å². The van der Waals surface area contributed by atoms with Crippen molar-refractivity contribution in [3.63, 3.8) is 0 Å². The van der Waals surface area contributed by atoms with Crippen molar-refractivity contribution in [1.82, 2.24) is 5.32 Å². The fourth-order valence-electron chi connectivity index (χ4n) is 2.57. The fraction of sp³-hybridized carbons (Fsp3) is 0.929. The first-order valence-electron chi connectivity index (χ1n) is 7.12. The molecule has 1 saturated carbocycles. The molecular formula is C14H29N3O. The van der Waals surface area contributed by atoms with Gasteiger partial charge in [-0.15, -0.1) is 0 Å². The first-order valence-corrected chi connectivity index (χ1v) is 7.12. The number of nitrogens with one attached hydrogen (secondary N) is 1. The van der Waals surface area contributed by atoms with Gasteiger partial charge in [-0.25, -0.2) is 0 Å². The van der Waals surface area contributed by atoms with Crippen LogP contribution in [0, 0.1) is 11.3 Å². The highest BCUT2D eigenvalue weighted by Gasteiger charge is 2.31. The Bertz CT molecular complexity index is 267. The van der Waals surface area contributed by atoms with Crippen LogP contribution < -0.4 is 16.8 Å². The van der Waals surface area contributed by atoms with Crippen molar-refractivity contribution in [3.05, 3.63) is 0 Å². The minimum Gasteiger partial charge on any atom is -0.350 e. The van der Waals surface area contributed by atoms with Gasteiger partial charge in [-0.1, -0.05) is 40.0 Å². The molecule has 4 nitrogen and oxygen atoms in total. The zero-order valence-corrected chi connectivity index (χ0v) is 12.0. The summed E-state index contributed by atoms with van der Waals surface area (Å²) < 4.78 is 0. The highest BCUT2D eigenvalue weighted by molar-refractivity contribution is 5.82. The number of amides is 1. The molecule has 1 rings (SSSR count). The van der Waals surface area contributed by atoms with E-state index < -0.39 is 6.04 Å². The normalized spacial score (nSPS) is 21.4. The molecule has 1 fully saturated rings. The van der Waals surface area contributed by atoms with Crippen LogP contribution in [-0.2, 0) is 4.79 Å². The molecule has 0 bridgehead atoms. The SMILES string of the molecule is CC(C)(C)[C@H](N)C(=O)NC(CN)C1CCCCC1. The summed E-state index contributed by atoms with van der Waals surface area (Å²) in [4.78, 5) is 12.1. The maximum absolute atomic E-state index is 12.1. The highest BCUT2D eigenvalue weighted by atomic mass is 16.2.